The van der Waals surface area contributed by atoms with E-state index < -0.39 is 19.3 Å². The van der Waals surface area contributed by atoms with Crippen LogP contribution < -0.4 is 0 Å². The quantitative estimate of drug-likeness (QED) is 0.277. The van der Waals surface area contributed by atoms with Gasteiger partial charge in [-0.3, -0.25) is 19.4 Å². The molecule has 4 aliphatic rings. The third-order valence-corrected chi connectivity index (χ3v) is 8.34. The maximum atomic E-state index is 11.9. The van der Waals surface area contributed by atoms with Crippen LogP contribution in [0, 0.1) is 28.6 Å². The lowest BCUT2D eigenvalue weighted by Crippen LogP contribution is -2.55. The highest BCUT2D eigenvalue weighted by molar-refractivity contribution is 7.46. The highest BCUT2D eigenvalue weighted by Gasteiger charge is 2.61. The average molecular weight is 422 g/mol. The summed E-state index contributed by atoms with van der Waals surface area (Å²) in [4.78, 5) is 41.8. The molecular weight excluding hydrogens is 395 g/mol. The molecule has 0 spiro atoms. The van der Waals surface area contributed by atoms with Crippen LogP contribution in [0.2, 0.25) is 0 Å². The predicted molar refractivity (Wildman–Crippen MR) is 104 cm³/mol. The molecule has 3 N–H and O–H groups in total. The molecule has 3 saturated carbocycles. The van der Waals surface area contributed by atoms with Gasteiger partial charge in [0.05, 0.1) is 6.10 Å². The summed E-state index contributed by atoms with van der Waals surface area (Å²) < 4.78 is 16.0. The number of carbonyl (C=O) groups excluding carboxylic acids is 2. The van der Waals surface area contributed by atoms with Gasteiger partial charge in [-0.05, 0) is 67.1 Å². The molecule has 0 aliphatic heterocycles. The fraction of sp³-hybridized carbons (Fsp3) is 0.619. The van der Waals surface area contributed by atoms with Gasteiger partial charge in [0.1, 0.15) is 0 Å². The number of aldehydes is 1. The van der Waals surface area contributed by atoms with Crippen molar-refractivity contribution in [1.29, 1.82) is 0 Å². The zero-order valence-electron chi connectivity index (χ0n) is 16.6. The fourth-order valence-electron chi connectivity index (χ4n) is 6.82. The van der Waals surface area contributed by atoms with Crippen molar-refractivity contribution in [3.63, 3.8) is 0 Å². The van der Waals surface area contributed by atoms with Crippen LogP contribution in [-0.2, 0) is 18.7 Å². The van der Waals surface area contributed by atoms with Crippen LogP contribution in [0.5, 0.6) is 0 Å². The highest BCUT2D eigenvalue weighted by Crippen LogP contribution is 2.66. The molecule has 0 bridgehead atoms. The third kappa shape index (κ3) is 3.19. The van der Waals surface area contributed by atoms with Crippen LogP contribution in [0.1, 0.15) is 46.0 Å². The van der Waals surface area contributed by atoms with Gasteiger partial charge >= 0.3 is 7.82 Å². The summed E-state index contributed by atoms with van der Waals surface area (Å²) in [5.74, 6) is 0.0172. The van der Waals surface area contributed by atoms with Crippen LogP contribution in [0.4, 0.5) is 0 Å². The summed E-state index contributed by atoms with van der Waals surface area (Å²) in [7, 11) is -4.85. The largest absolute Gasteiger partial charge is 0.524 e. The molecule has 6 atom stereocenters. The number of ketones is 1. The first-order valence-corrected chi connectivity index (χ1v) is 11.6. The molecule has 0 amide bonds. The Balaban J connectivity index is 1.74. The van der Waals surface area contributed by atoms with Crippen LogP contribution in [0.15, 0.2) is 35.1 Å². The van der Waals surface area contributed by atoms with Gasteiger partial charge in [0.2, 0.25) is 0 Å². The highest BCUT2D eigenvalue weighted by atomic mass is 31.2. The third-order valence-electron chi connectivity index (χ3n) is 7.90. The van der Waals surface area contributed by atoms with E-state index in [4.69, 9.17) is 4.52 Å². The maximum Gasteiger partial charge on any atom is 0.524 e. The normalized spacial score (nSPS) is 43.1. The lowest BCUT2D eigenvalue weighted by molar-refractivity contribution is -0.112. The number of fused-ring (bicyclic) bond motifs is 5. The van der Waals surface area contributed by atoms with Gasteiger partial charge < -0.3 is 9.63 Å². The zero-order chi connectivity index (χ0) is 21.2. The second kappa shape index (κ2) is 6.74. The van der Waals surface area contributed by atoms with Gasteiger partial charge in [0.25, 0.3) is 0 Å². The van der Waals surface area contributed by atoms with Crippen molar-refractivity contribution in [1.82, 2.24) is 0 Å². The lowest BCUT2D eigenvalue weighted by atomic mass is 9.47. The monoisotopic (exact) mass is 422 g/mol. The number of carbonyl (C=O) groups is 2. The van der Waals surface area contributed by atoms with Crippen LogP contribution in [0.3, 0.4) is 0 Å². The molecule has 0 aromatic carbocycles. The van der Waals surface area contributed by atoms with Gasteiger partial charge in [-0.1, -0.05) is 25.5 Å². The minimum Gasteiger partial charge on any atom is -0.401 e. The number of phosphoric ester groups is 1. The molecule has 4 aliphatic carbocycles. The smallest absolute Gasteiger partial charge is 0.401 e. The zero-order valence-corrected chi connectivity index (χ0v) is 17.5. The van der Waals surface area contributed by atoms with E-state index in [2.05, 4.69) is 6.92 Å². The van der Waals surface area contributed by atoms with Gasteiger partial charge in [0, 0.05) is 11.3 Å². The van der Waals surface area contributed by atoms with Crippen molar-refractivity contribution in [3.05, 3.63) is 35.1 Å². The Morgan fingerprint density at radius 2 is 2.00 bits per heavy atom. The van der Waals surface area contributed by atoms with Gasteiger partial charge in [-0.2, -0.15) is 0 Å². The number of rotatable bonds is 3. The summed E-state index contributed by atoms with van der Waals surface area (Å²) >= 11 is 0. The molecule has 0 aromatic rings. The van der Waals surface area contributed by atoms with Crippen molar-refractivity contribution in [2.24, 2.45) is 28.6 Å². The summed E-state index contributed by atoms with van der Waals surface area (Å²) in [6.45, 7) is 4.06. The standard InChI is InChI=1S/C21H27O7P/c1-20-8-7-13(23)9-12(20)3-4-14-15-5-6-16(18(11-22)28-29(25,26)27)21(15,2)10-17(24)19(14)20/h7-9,11,14-15,17,19,24H,3-6,10H2,1-2H3,(H2,25,26,27)/b18-16-/t14-,15-,17-,19+,20-,21-/m0/s1. The van der Waals surface area contributed by atoms with Gasteiger partial charge in [-0.15, -0.1) is 0 Å². The van der Waals surface area contributed by atoms with Crippen molar-refractivity contribution in [3.8, 4) is 0 Å². The van der Waals surface area contributed by atoms with E-state index in [1.54, 1.807) is 12.2 Å². The van der Waals surface area contributed by atoms with Crippen LogP contribution in [-0.4, -0.2) is 33.1 Å². The molecule has 29 heavy (non-hydrogen) atoms. The first-order chi connectivity index (χ1) is 13.5. The Bertz CT molecular complexity index is 897. The second-order valence-electron chi connectivity index (χ2n) is 9.29. The fourth-order valence-corrected chi connectivity index (χ4v) is 7.23. The van der Waals surface area contributed by atoms with E-state index in [1.165, 1.54) is 0 Å². The maximum absolute atomic E-state index is 11.9. The first-order valence-electron chi connectivity index (χ1n) is 10.1. The van der Waals surface area contributed by atoms with Crippen LogP contribution >= 0.6 is 7.82 Å². The number of aliphatic hydroxyl groups excluding tert-OH is 1. The molecule has 0 heterocycles. The summed E-state index contributed by atoms with van der Waals surface area (Å²) in [6, 6.07) is 0. The summed E-state index contributed by atoms with van der Waals surface area (Å²) in [5, 5.41) is 11.2. The Labute approximate surface area is 169 Å². The second-order valence-corrected chi connectivity index (χ2v) is 10.5. The Morgan fingerprint density at radius 1 is 1.28 bits per heavy atom. The first kappa shape index (κ1) is 20.7. The Morgan fingerprint density at radius 3 is 2.66 bits per heavy atom. The molecule has 3 fully saturated rings. The van der Waals surface area contributed by atoms with Crippen molar-refractivity contribution in [2.75, 3.05) is 0 Å². The Kier molecular flexibility index (Phi) is 4.82. The van der Waals surface area contributed by atoms with Crippen molar-refractivity contribution < 1.29 is 33.6 Å². The molecule has 0 aromatic heterocycles. The molecule has 0 saturated heterocycles. The lowest BCUT2D eigenvalue weighted by Gasteiger charge is -2.58. The van der Waals surface area contributed by atoms with E-state index in [0.717, 1.165) is 24.8 Å². The number of hydrogen-bond donors (Lipinski definition) is 3. The van der Waals surface area contributed by atoms with E-state index in [9.17, 15) is 29.0 Å². The minimum atomic E-state index is -4.85. The number of allylic oxidation sites excluding steroid dienone is 6. The molecule has 0 radical (unpaired) electrons. The predicted octanol–water partition coefficient (Wildman–Crippen LogP) is 2.83. The van der Waals surface area contributed by atoms with Gasteiger partial charge in [-0.25, -0.2) is 4.57 Å². The molecule has 0 unspecified atom stereocenters. The van der Waals surface area contributed by atoms with E-state index in [1.807, 2.05) is 13.0 Å². The van der Waals surface area contributed by atoms with E-state index in [0.29, 0.717) is 24.7 Å². The van der Waals surface area contributed by atoms with Crippen molar-refractivity contribution in [2.45, 2.75) is 52.1 Å². The molecular formula is C21H27O7P. The number of aliphatic hydroxyl groups is 1. The summed E-state index contributed by atoms with van der Waals surface area (Å²) in [5.41, 5.74) is 0.734. The topological polar surface area (TPSA) is 121 Å². The van der Waals surface area contributed by atoms with E-state index in [-0.39, 0.29) is 34.7 Å². The number of hydrogen-bond acceptors (Lipinski definition) is 5. The molecule has 4 rings (SSSR count). The van der Waals surface area contributed by atoms with Crippen LogP contribution in [0.25, 0.3) is 0 Å². The SMILES string of the molecule is C[C@]12C=CC(=O)C=C1CC[C@@H]1[C@@H]2[C@@H](O)C[C@]2(C)/C(=C(/C=O)OP(=O)(O)O)CC[C@@H]12. The molecule has 8 heteroatoms. The van der Waals surface area contributed by atoms with E-state index >= 15 is 0 Å². The van der Waals surface area contributed by atoms with Gasteiger partial charge in [0.15, 0.2) is 17.8 Å². The Hall–Kier alpha value is -1.53. The molecule has 7 nitrogen and oxygen atoms in total. The minimum absolute atomic E-state index is 0.0117. The number of phosphoric acid groups is 1. The molecule has 158 valence electrons. The summed E-state index contributed by atoms with van der Waals surface area (Å²) in [6.07, 6.45) is 8.24. The average Bonchev–Trinajstić information content (AvgIpc) is 2.95. The van der Waals surface area contributed by atoms with Crippen molar-refractivity contribution >= 4 is 19.9 Å².